The van der Waals surface area contributed by atoms with Crippen LogP contribution >= 0.6 is 0 Å². The molecule has 0 radical (unpaired) electrons. The first-order valence-corrected chi connectivity index (χ1v) is 6.52. The van der Waals surface area contributed by atoms with Crippen LogP contribution in [-0.4, -0.2) is 38.0 Å². The van der Waals surface area contributed by atoms with E-state index >= 15 is 0 Å². The average Bonchev–Trinajstić information content (AvgIpc) is 2.87. The second-order valence-electron chi connectivity index (χ2n) is 4.42. The predicted molar refractivity (Wildman–Crippen MR) is 77.1 cm³/mol. The lowest BCUT2D eigenvalue weighted by atomic mass is 10.2. The molecule has 0 fully saturated rings. The van der Waals surface area contributed by atoms with Gasteiger partial charge in [-0.2, -0.15) is 0 Å². The van der Waals surface area contributed by atoms with Gasteiger partial charge >= 0.3 is 0 Å². The van der Waals surface area contributed by atoms with Gasteiger partial charge in [0.1, 0.15) is 5.76 Å². The van der Waals surface area contributed by atoms with Gasteiger partial charge in [-0.15, -0.1) is 0 Å². The number of aromatic nitrogens is 1. The Balaban J connectivity index is 2.51. The lowest BCUT2D eigenvalue weighted by Gasteiger charge is -2.12. The van der Waals surface area contributed by atoms with E-state index in [1.807, 2.05) is 6.92 Å². The number of aliphatic hydroxyl groups is 1. The molecular formula is C15H19NO5. The van der Waals surface area contributed by atoms with Crippen molar-refractivity contribution >= 4 is 0 Å². The minimum Gasteiger partial charge on any atom is -0.493 e. The molecule has 6 heteroatoms. The van der Waals surface area contributed by atoms with Crippen LogP contribution < -0.4 is 14.2 Å². The molecule has 0 saturated carbocycles. The summed E-state index contributed by atoms with van der Waals surface area (Å²) in [5.74, 6) is 2.71. The van der Waals surface area contributed by atoms with Crippen molar-refractivity contribution in [1.82, 2.24) is 4.98 Å². The Bertz CT molecular complexity index is 596. The second-order valence-corrected chi connectivity index (χ2v) is 4.42. The normalized spacial score (nSPS) is 10.5. The standard InChI is InChI=1S/C15H19NO5/c1-9-11(5-6-17)21-15(16-9)10-7-12(18-2)14(20-4)13(8-10)19-3/h7-8,17H,5-6H2,1-4H3. The van der Waals surface area contributed by atoms with Crippen molar-refractivity contribution in [3.8, 4) is 28.7 Å². The summed E-state index contributed by atoms with van der Waals surface area (Å²) in [5, 5.41) is 9.01. The number of aryl methyl sites for hydroxylation is 1. The zero-order chi connectivity index (χ0) is 15.4. The third kappa shape index (κ3) is 2.95. The Morgan fingerprint density at radius 3 is 2.19 bits per heavy atom. The maximum Gasteiger partial charge on any atom is 0.226 e. The number of hydrogen-bond acceptors (Lipinski definition) is 6. The fourth-order valence-electron chi connectivity index (χ4n) is 2.09. The van der Waals surface area contributed by atoms with Crippen LogP contribution in [0.15, 0.2) is 16.5 Å². The van der Waals surface area contributed by atoms with E-state index < -0.39 is 0 Å². The molecule has 21 heavy (non-hydrogen) atoms. The van der Waals surface area contributed by atoms with E-state index in [0.717, 1.165) is 11.3 Å². The van der Waals surface area contributed by atoms with Crippen LogP contribution in [0.3, 0.4) is 0 Å². The van der Waals surface area contributed by atoms with Gasteiger partial charge < -0.3 is 23.7 Å². The SMILES string of the molecule is COc1cc(-c2nc(C)c(CCO)o2)cc(OC)c1OC. The summed E-state index contributed by atoms with van der Waals surface area (Å²) in [6.07, 6.45) is 0.434. The zero-order valence-electron chi connectivity index (χ0n) is 12.6. The molecule has 6 nitrogen and oxygen atoms in total. The first-order chi connectivity index (χ1) is 10.1. The Labute approximate surface area is 123 Å². The molecule has 1 aromatic carbocycles. The number of rotatable bonds is 6. The van der Waals surface area contributed by atoms with Crippen LogP contribution in [0.2, 0.25) is 0 Å². The largest absolute Gasteiger partial charge is 0.493 e. The van der Waals surface area contributed by atoms with Crippen molar-refractivity contribution in [3.63, 3.8) is 0 Å². The van der Waals surface area contributed by atoms with Crippen LogP contribution in [-0.2, 0) is 6.42 Å². The van der Waals surface area contributed by atoms with E-state index in [1.54, 1.807) is 33.5 Å². The maximum absolute atomic E-state index is 9.01. The molecule has 2 rings (SSSR count). The summed E-state index contributed by atoms with van der Waals surface area (Å²) in [5.41, 5.74) is 1.48. The molecule has 0 saturated heterocycles. The van der Waals surface area contributed by atoms with Crippen molar-refractivity contribution in [1.29, 1.82) is 0 Å². The lowest BCUT2D eigenvalue weighted by Crippen LogP contribution is -1.95. The highest BCUT2D eigenvalue weighted by molar-refractivity contribution is 5.66. The molecule has 0 bridgehead atoms. The van der Waals surface area contributed by atoms with Gasteiger partial charge in [0.2, 0.25) is 11.6 Å². The highest BCUT2D eigenvalue weighted by Gasteiger charge is 2.18. The van der Waals surface area contributed by atoms with Crippen LogP contribution in [0.4, 0.5) is 0 Å². The number of aliphatic hydroxyl groups excluding tert-OH is 1. The van der Waals surface area contributed by atoms with E-state index in [-0.39, 0.29) is 6.61 Å². The van der Waals surface area contributed by atoms with Crippen LogP contribution in [0, 0.1) is 6.92 Å². The quantitative estimate of drug-likeness (QED) is 0.880. The molecule has 0 amide bonds. The lowest BCUT2D eigenvalue weighted by molar-refractivity contribution is 0.288. The van der Waals surface area contributed by atoms with Gasteiger partial charge in [0, 0.05) is 12.0 Å². The molecule has 114 valence electrons. The number of nitrogens with zero attached hydrogens (tertiary/aromatic N) is 1. The number of methoxy groups -OCH3 is 3. The van der Waals surface area contributed by atoms with Crippen molar-refractivity contribution in [2.75, 3.05) is 27.9 Å². The van der Waals surface area contributed by atoms with Gasteiger partial charge in [-0.05, 0) is 19.1 Å². The van der Waals surface area contributed by atoms with Gasteiger partial charge in [0.25, 0.3) is 0 Å². The van der Waals surface area contributed by atoms with E-state index in [0.29, 0.717) is 35.3 Å². The zero-order valence-corrected chi connectivity index (χ0v) is 12.6. The van der Waals surface area contributed by atoms with Gasteiger partial charge in [0.05, 0.1) is 33.6 Å². The van der Waals surface area contributed by atoms with Crippen molar-refractivity contribution in [2.45, 2.75) is 13.3 Å². The van der Waals surface area contributed by atoms with Crippen molar-refractivity contribution < 1.29 is 23.7 Å². The minimum absolute atomic E-state index is 0.0186. The predicted octanol–water partition coefficient (Wildman–Crippen LogP) is 2.21. The topological polar surface area (TPSA) is 74.0 Å². The van der Waals surface area contributed by atoms with Crippen molar-refractivity contribution in [2.24, 2.45) is 0 Å². The van der Waals surface area contributed by atoms with Crippen LogP contribution in [0.25, 0.3) is 11.5 Å². The Morgan fingerprint density at radius 2 is 1.71 bits per heavy atom. The highest BCUT2D eigenvalue weighted by Crippen LogP contribution is 2.41. The smallest absolute Gasteiger partial charge is 0.226 e. The van der Waals surface area contributed by atoms with Crippen LogP contribution in [0.5, 0.6) is 17.2 Å². The fourth-order valence-corrected chi connectivity index (χ4v) is 2.09. The van der Waals surface area contributed by atoms with Gasteiger partial charge in [-0.25, -0.2) is 4.98 Å². The molecule has 0 aliphatic carbocycles. The Hall–Kier alpha value is -2.21. The van der Waals surface area contributed by atoms with Crippen molar-refractivity contribution in [3.05, 3.63) is 23.6 Å². The van der Waals surface area contributed by atoms with Crippen LogP contribution in [0.1, 0.15) is 11.5 Å². The van der Waals surface area contributed by atoms with E-state index in [9.17, 15) is 0 Å². The molecule has 1 heterocycles. The van der Waals surface area contributed by atoms with Gasteiger partial charge in [-0.1, -0.05) is 0 Å². The summed E-state index contributed by atoms with van der Waals surface area (Å²) in [4.78, 5) is 4.38. The first kappa shape index (κ1) is 15.2. The van der Waals surface area contributed by atoms with E-state index in [4.69, 9.17) is 23.7 Å². The minimum atomic E-state index is 0.0186. The Morgan fingerprint density at radius 1 is 1.10 bits per heavy atom. The number of oxazole rings is 1. The highest BCUT2D eigenvalue weighted by atomic mass is 16.5. The molecule has 1 aromatic heterocycles. The third-order valence-corrected chi connectivity index (χ3v) is 3.14. The number of hydrogen-bond donors (Lipinski definition) is 1. The van der Waals surface area contributed by atoms with Gasteiger partial charge in [-0.3, -0.25) is 0 Å². The molecule has 2 aromatic rings. The average molecular weight is 293 g/mol. The number of ether oxygens (including phenoxy) is 3. The van der Waals surface area contributed by atoms with Gasteiger partial charge in [0.15, 0.2) is 11.5 Å². The monoisotopic (exact) mass is 293 g/mol. The number of benzene rings is 1. The molecule has 0 aliphatic heterocycles. The summed E-state index contributed by atoms with van der Waals surface area (Å²) < 4.78 is 21.6. The second kappa shape index (κ2) is 6.49. The Kier molecular flexibility index (Phi) is 4.70. The molecule has 0 spiro atoms. The molecular weight excluding hydrogens is 274 g/mol. The molecule has 0 atom stereocenters. The fraction of sp³-hybridized carbons (Fsp3) is 0.400. The molecule has 0 aliphatic rings. The third-order valence-electron chi connectivity index (χ3n) is 3.14. The first-order valence-electron chi connectivity index (χ1n) is 6.52. The maximum atomic E-state index is 9.01. The summed E-state index contributed by atoms with van der Waals surface area (Å²) in [7, 11) is 4.66. The molecule has 1 N–H and O–H groups in total. The molecule has 0 unspecified atom stereocenters. The summed E-state index contributed by atoms with van der Waals surface area (Å²) >= 11 is 0. The van der Waals surface area contributed by atoms with E-state index in [2.05, 4.69) is 4.98 Å². The summed E-state index contributed by atoms with van der Waals surface area (Å²) in [6.45, 7) is 1.86. The van der Waals surface area contributed by atoms with E-state index in [1.165, 1.54) is 0 Å². The summed E-state index contributed by atoms with van der Waals surface area (Å²) in [6, 6.07) is 3.55.